The maximum absolute atomic E-state index is 2.78. The second-order valence-corrected chi connectivity index (χ2v) is 40.3. The molecule has 0 amide bonds. The van der Waals surface area contributed by atoms with E-state index in [1.165, 1.54) is 335 Å². The van der Waals surface area contributed by atoms with Crippen LogP contribution in [0.15, 0.2) is 182 Å². The number of aryl methyl sites for hydroxylation is 8. The molecule has 0 spiro atoms. The summed E-state index contributed by atoms with van der Waals surface area (Å²) in [5.74, 6) is 0. The summed E-state index contributed by atoms with van der Waals surface area (Å²) in [5.41, 5.74) is 24.3. The van der Waals surface area contributed by atoms with Gasteiger partial charge in [-0.25, -0.2) is 0 Å². The second kappa shape index (κ2) is 36.7. The highest BCUT2D eigenvalue weighted by atomic mass is 32.1. The highest BCUT2D eigenvalue weighted by Crippen LogP contribution is 2.66. The molecular weight excluding hydrogens is 1460 g/mol. The van der Waals surface area contributed by atoms with Gasteiger partial charge in [-0.15, -0.1) is 79.4 Å². The Labute approximate surface area is 689 Å². The molecule has 0 saturated heterocycles. The van der Waals surface area contributed by atoms with Crippen molar-refractivity contribution in [3.63, 3.8) is 0 Å². The molecule has 7 heteroatoms. The van der Waals surface area contributed by atoms with E-state index in [0.717, 1.165) is 32.1 Å². The van der Waals surface area contributed by atoms with Gasteiger partial charge in [-0.05, 0) is 265 Å². The number of allylic oxidation sites excluding steroid dienone is 4. The fourth-order valence-electron chi connectivity index (χ4n) is 18.2. The minimum atomic E-state index is -0.614. The van der Waals surface area contributed by atoms with Crippen molar-refractivity contribution < 1.29 is 0 Å². The van der Waals surface area contributed by atoms with Crippen molar-refractivity contribution in [3.8, 4) is 60.6 Å². The fourth-order valence-corrected chi connectivity index (χ4v) is 26.3. The summed E-state index contributed by atoms with van der Waals surface area (Å²) >= 11 is 14.2. The quantitative estimate of drug-likeness (QED) is 0.0336. The Morgan fingerprint density at radius 2 is 0.627 bits per heavy atom. The predicted molar refractivity (Wildman–Crippen MR) is 491 cm³/mol. The molecule has 110 heavy (non-hydrogen) atoms. The van der Waals surface area contributed by atoms with Crippen LogP contribution < -0.4 is 0 Å². The van der Waals surface area contributed by atoms with Gasteiger partial charge in [-0.2, -0.15) is 0 Å². The Hall–Kier alpha value is -6.52. The van der Waals surface area contributed by atoms with Crippen molar-refractivity contribution in [3.05, 3.63) is 279 Å². The molecule has 5 aromatic carbocycles. The van der Waals surface area contributed by atoms with E-state index >= 15 is 0 Å². The Kier molecular flexibility index (Phi) is 26.3. The summed E-state index contributed by atoms with van der Waals surface area (Å²) in [6, 6.07) is 71.1. The average molecular weight is 1580 g/mol. The van der Waals surface area contributed by atoms with Crippen molar-refractivity contribution in [2.75, 3.05) is 0 Å². The van der Waals surface area contributed by atoms with Crippen LogP contribution in [0.1, 0.15) is 299 Å². The highest BCUT2D eigenvalue weighted by molar-refractivity contribution is 7.29. The number of benzene rings is 5. The number of hydrogen-bond donors (Lipinski definition) is 0. The lowest BCUT2D eigenvalue weighted by Crippen LogP contribution is -2.30. The molecule has 7 aromatic heterocycles. The van der Waals surface area contributed by atoms with Crippen LogP contribution in [0.5, 0.6) is 0 Å². The number of rotatable bonds is 40. The van der Waals surface area contributed by atoms with Crippen LogP contribution >= 0.6 is 79.4 Å². The number of thiophene rings is 7. The van der Waals surface area contributed by atoms with E-state index in [0.29, 0.717) is 0 Å². The van der Waals surface area contributed by atoms with Crippen LogP contribution in [0.2, 0.25) is 0 Å². The van der Waals surface area contributed by atoms with Gasteiger partial charge in [0.1, 0.15) is 0 Å². The molecule has 0 radical (unpaired) electrons. The van der Waals surface area contributed by atoms with Crippen molar-refractivity contribution >= 4 is 90.5 Å². The van der Waals surface area contributed by atoms with E-state index in [4.69, 9.17) is 0 Å². The van der Waals surface area contributed by atoms with Crippen LogP contribution in [0.25, 0.3) is 71.7 Å². The third kappa shape index (κ3) is 16.5. The van der Waals surface area contributed by atoms with Gasteiger partial charge in [0, 0.05) is 69.0 Å². The van der Waals surface area contributed by atoms with Gasteiger partial charge in [0.2, 0.25) is 0 Å². The van der Waals surface area contributed by atoms with Crippen LogP contribution in [-0.2, 0) is 49.4 Å². The van der Waals surface area contributed by atoms with E-state index in [-0.39, 0.29) is 0 Å². The zero-order chi connectivity index (χ0) is 75.6. The number of unbranched alkanes of at least 4 members (excludes halogenated alkanes) is 18. The van der Waals surface area contributed by atoms with E-state index in [2.05, 4.69) is 249 Å². The van der Waals surface area contributed by atoms with Gasteiger partial charge in [-0.3, -0.25) is 0 Å². The molecule has 0 atom stereocenters. The van der Waals surface area contributed by atoms with E-state index in [9.17, 15) is 0 Å². The zero-order valence-corrected chi connectivity index (χ0v) is 72.8. The summed E-state index contributed by atoms with van der Waals surface area (Å²) < 4.78 is 0. The third-order valence-electron chi connectivity index (χ3n) is 24.3. The molecule has 0 saturated carbocycles. The Bertz CT molecular complexity index is 4970. The Morgan fingerprint density at radius 3 is 1.10 bits per heavy atom. The summed E-state index contributed by atoms with van der Waals surface area (Å²) in [6.07, 6.45) is 43.3. The largest absolute Gasteiger partial charge is 0.141 e. The molecule has 0 fully saturated rings. The first-order valence-corrected chi connectivity index (χ1v) is 48.5. The van der Waals surface area contributed by atoms with Gasteiger partial charge < -0.3 is 0 Å². The smallest absolute Gasteiger partial charge is 0.0722 e. The molecular formula is C103H116S7. The predicted octanol–water partition coefficient (Wildman–Crippen LogP) is 33.7. The third-order valence-corrected chi connectivity index (χ3v) is 32.8. The van der Waals surface area contributed by atoms with Crippen molar-refractivity contribution in [2.45, 2.75) is 265 Å². The van der Waals surface area contributed by atoms with Gasteiger partial charge >= 0.3 is 0 Å². The van der Waals surface area contributed by atoms with Crippen LogP contribution in [0.4, 0.5) is 0 Å². The molecule has 7 heterocycles. The monoisotopic (exact) mass is 1580 g/mol. The van der Waals surface area contributed by atoms with Gasteiger partial charge in [0.15, 0.2) is 0 Å². The van der Waals surface area contributed by atoms with Crippen molar-refractivity contribution in [1.82, 2.24) is 0 Å². The van der Waals surface area contributed by atoms with E-state index in [1.807, 2.05) is 68.0 Å². The van der Waals surface area contributed by atoms with Crippen LogP contribution in [0, 0.1) is 13.8 Å². The molecule has 570 valence electrons. The molecule has 0 aliphatic heterocycles. The van der Waals surface area contributed by atoms with Crippen LogP contribution in [-0.4, -0.2) is 0 Å². The molecule has 15 rings (SSSR count). The average Bonchev–Trinajstić information content (AvgIpc) is 1.50. The first kappa shape index (κ1) is 78.7. The lowest BCUT2D eigenvalue weighted by Gasteiger charge is -2.35. The van der Waals surface area contributed by atoms with E-state index in [1.54, 1.807) is 0 Å². The molecule has 0 N–H and O–H groups in total. The Balaban J connectivity index is 0.921. The molecule has 12 aromatic rings. The zero-order valence-electron chi connectivity index (χ0n) is 67.1. The maximum Gasteiger partial charge on any atom is 0.0722 e. The topological polar surface area (TPSA) is 0 Å². The lowest BCUT2D eigenvalue weighted by atomic mass is 9.65. The molecule has 0 bridgehead atoms. The van der Waals surface area contributed by atoms with Crippen LogP contribution in [0.3, 0.4) is 0 Å². The fraction of sp³-hybridized carbons (Fsp3) is 0.398. The lowest BCUT2D eigenvalue weighted by molar-refractivity contribution is 0.666. The summed E-state index contributed by atoms with van der Waals surface area (Å²) in [7, 11) is 0. The highest BCUT2D eigenvalue weighted by Gasteiger charge is 2.53. The van der Waals surface area contributed by atoms with Crippen molar-refractivity contribution in [1.29, 1.82) is 0 Å². The first-order chi connectivity index (χ1) is 54.1. The molecule has 0 nitrogen and oxygen atoms in total. The second-order valence-electron chi connectivity index (χ2n) is 32.2. The SMILES string of the molecule is CCCCCCc1ccc(C2(c3ccc(CCCCCC)cc3)c3cc4c(cc3-c3sc(C)cc32)C(c2ccc(CCCCCC)cc2)(c2ccc(CCCCCC)cc2)c2cc(-c3sc(-c5cc(C6=CC=C(c7ccc(CCCCCC)s7)C6)c(C)s5)cc3-c3ccc(-c5ccc(CCCCCC)s5)s3)sc2-4)cc1. The number of hydrogen-bond acceptors (Lipinski definition) is 7. The summed E-state index contributed by atoms with van der Waals surface area (Å²) in [6.45, 7) is 18.7. The van der Waals surface area contributed by atoms with E-state index < -0.39 is 10.8 Å². The van der Waals surface area contributed by atoms with Gasteiger partial charge in [-0.1, -0.05) is 266 Å². The normalized spacial score (nSPS) is 13.9. The standard InChI is InChI=1S/C103H116S7/c1-9-15-21-27-33-72-39-49-78(50-40-72)102(79-51-41-73(42-52-79)34-28-22-16-10-2)88-66-86-89(65-85(88)99-90(102)63-70(7)104-99)103(80-53-43-74(44-54-80)35-29-23-17-11-3,81-55-45-75(46-56-81)36-30-24-18-12-4)91-69-98(110-100(86)91)101-87(93-61-62-95(108-93)94-60-58-83(107-94)38-32-26-20-14-6)68-97(109-101)96-67-84(71(8)105-96)76-47-48-77(64-76)92-59-57-82(106-92)37-31-25-19-13-5/h39-63,65-69H,9-38,64H2,1-8H3. The van der Waals surface area contributed by atoms with Gasteiger partial charge in [0.05, 0.1) is 15.7 Å². The molecule has 3 aliphatic rings. The summed E-state index contributed by atoms with van der Waals surface area (Å²) in [5, 5.41) is 0. The Morgan fingerprint density at radius 1 is 0.255 bits per heavy atom. The van der Waals surface area contributed by atoms with Gasteiger partial charge in [0.25, 0.3) is 0 Å². The van der Waals surface area contributed by atoms with Crippen molar-refractivity contribution in [2.24, 2.45) is 0 Å². The summed E-state index contributed by atoms with van der Waals surface area (Å²) in [4.78, 5) is 19.7. The number of fused-ring (bicyclic) bond motifs is 6. The first-order valence-electron chi connectivity index (χ1n) is 42.8. The minimum Gasteiger partial charge on any atom is -0.141 e. The molecule has 3 aliphatic carbocycles. The maximum atomic E-state index is 2.78. The molecule has 0 unspecified atom stereocenters. The minimum absolute atomic E-state index is 0.535.